The van der Waals surface area contributed by atoms with Gasteiger partial charge in [0.2, 0.25) is 5.76 Å². The number of hydrogen-bond acceptors (Lipinski definition) is 6. The summed E-state index contributed by atoms with van der Waals surface area (Å²) in [5, 5.41) is 6.42. The summed E-state index contributed by atoms with van der Waals surface area (Å²) in [4.78, 5) is 18.6. The number of rotatable bonds is 4. The largest absolute Gasteiger partial charge is 0.423 e. The van der Waals surface area contributed by atoms with Gasteiger partial charge < -0.3 is 19.2 Å². The molecule has 1 fully saturated rings. The number of nitrogens with one attached hydrogen (secondary N) is 1. The van der Waals surface area contributed by atoms with Crippen LogP contribution in [0.15, 0.2) is 45.5 Å². The molecular weight excluding hydrogens is 296 g/mol. The van der Waals surface area contributed by atoms with Crippen molar-refractivity contribution in [2.45, 2.75) is 18.9 Å². The van der Waals surface area contributed by atoms with E-state index in [1.807, 2.05) is 24.3 Å². The summed E-state index contributed by atoms with van der Waals surface area (Å²) in [5.74, 6) is -0.0386. The van der Waals surface area contributed by atoms with Gasteiger partial charge in [-0.3, -0.25) is 4.79 Å². The predicted octanol–water partition coefficient (Wildman–Crippen LogP) is 2.21. The van der Waals surface area contributed by atoms with E-state index in [0.29, 0.717) is 12.6 Å². The third kappa shape index (κ3) is 2.65. The Balaban J connectivity index is 1.47. The highest BCUT2D eigenvalue weighted by Gasteiger charge is 2.29. The van der Waals surface area contributed by atoms with Crippen molar-refractivity contribution in [3.05, 3.63) is 42.3 Å². The van der Waals surface area contributed by atoms with Crippen LogP contribution < -0.4 is 10.2 Å². The first-order valence-corrected chi connectivity index (χ1v) is 7.62. The summed E-state index contributed by atoms with van der Waals surface area (Å²) in [6.45, 7) is 1.38. The Bertz CT molecular complexity index is 779. The third-order valence-corrected chi connectivity index (χ3v) is 4.07. The fourth-order valence-corrected chi connectivity index (χ4v) is 2.91. The van der Waals surface area contributed by atoms with Crippen LogP contribution in [0.5, 0.6) is 0 Å². The molecule has 0 aliphatic carbocycles. The zero-order valence-electron chi connectivity index (χ0n) is 12.4. The van der Waals surface area contributed by atoms with Crippen LogP contribution in [0.25, 0.3) is 11.1 Å². The smallest absolute Gasteiger partial charge is 0.298 e. The predicted molar refractivity (Wildman–Crippen MR) is 83.2 cm³/mol. The first-order chi connectivity index (χ1) is 11.3. The van der Waals surface area contributed by atoms with Crippen molar-refractivity contribution in [2.75, 3.05) is 18.0 Å². The molecule has 1 aromatic carbocycles. The molecule has 1 atom stereocenters. The Hall–Kier alpha value is -2.83. The Morgan fingerprint density at radius 1 is 1.35 bits per heavy atom. The van der Waals surface area contributed by atoms with Crippen molar-refractivity contribution in [3.63, 3.8) is 0 Å². The summed E-state index contributed by atoms with van der Waals surface area (Å²) in [5.41, 5.74) is 1.62. The molecule has 1 saturated heterocycles. The number of fused-ring (bicyclic) bond motifs is 1. The molecule has 1 aliphatic rings. The summed E-state index contributed by atoms with van der Waals surface area (Å²) in [7, 11) is 0. The Kier molecular flexibility index (Phi) is 3.45. The average molecular weight is 312 g/mol. The lowest BCUT2D eigenvalue weighted by molar-refractivity contribution is 0.0914. The molecule has 1 amide bonds. The van der Waals surface area contributed by atoms with Crippen LogP contribution in [0.4, 0.5) is 6.01 Å². The van der Waals surface area contributed by atoms with Gasteiger partial charge in [-0.1, -0.05) is 17.3 Å². The number of carbonyl (C=O) groups is 1. The topological polar surface area (TPSA) is 84.4 Å². The molecule has 23 heavy (non-hydrogen) atoms. The molecule has 7 nitrogen and oxygen atoms in total. The van der Waals surface area contributed by atoms with Gasteiger partial charge in [0.15, 0.2) is 5.58 Å². The molecule has 118 valence electrons. The van der Waals surface area contributed by atoms with E-state index in [-0.39, 0.29) is 17.7 Å². The first kappa shape index (κ1) is 13.8. The van der Waals surface area contributed by atoms with Gasteiger partial charge in [0, 0.05) is 19.2 Å². The number of hydrogen-bond donors (Lipinski definition) is 1. The number of amides is 1. The van der Waals surface area contributed by atoms with Gasteiger partial charge >= 0.3 is 0 Å². The van der Waals surface area contributed by atoms with E-state index < -0.39 is 0 Å². The lowest BCUT2D eigenvalue weighted by Gasteiger charge is -2.22. The minimum atomic E-state index is -0.257. The number of para-hydroxylation sites is 2. The number of aromatic nitrogens is 2. The van der Waals surface area contributed by atoms with Crippen LogP contribution in [-0.2, 0) is 0 Å². The molecule has 1 N–H and O–H groups in total. The monoisotopic (exact) mass is 312 g/mol. The second-order valence-electron chi connectivity index (χ2n) is 5.54. The van der Waals surface area contributed by atoms with Gasteiger partial charge in [0.1, 0.15) is 5.52 Å². The molecule has 0 bridgehead atoms. The van der Waals surface area contributed by atoms with E-state index in [9.17, 15) is 4.79 Å². The molecule has 0 spiro atoms. The quantitative estimate of drug-likeness (QED) is 0.795. The van der Waals surface area contributed by atoms with E-state index in [2.05, 4.69) is 20.4 Å². The van der Waals surface area contributed by atoms with Crippen LogP contribution >= 0.6 is 0 Å². The van der Waals surface area contributed by atoms with Gasteiger partial charge in [-0.2, -0.15) is 4.98 Å². The van der Waals surface area contributed by atoms with Gasteiger partial charge in [-0.15, -0.1) is 0 Å². The normalized spacial score (nSPS) is 17.7. The van der Waals surface area contributed by atoms with E-state index in [1.165, 1.54) is 6.20 Å². The highest BCUT2D eigenvalue weighted by molar-refractivity contribution is 5.91. The molecule has 0 radical (unpaired) electrons. The molecule has 7 heteroatoms. The van der Waals surface area contributed by atoms with Gasteiger partial charge in [0.05, 0.1) is 12.2 Å². The summed E-state index contributed by atoms with van der Waals surface area (Å²) < 4.78 is 10.7. The second-order valence-corrected chi connectivity index (χ2v) is 5.54. The van der Waals surface area contributed by atoms with Gasteiger partial charge in [0.25, 0.3) is 11.9 Å². The maximum Gasteiger partial charge on any atom is 0.298 e. The van der Waals surface area contributed by atoms with E-state index >= 15 is 0 Å². The maximum atomic E-state index is 11.9. The lowest BCUT2D eigenvalue weighted by atomic mass is 10.2. The zero-order chi connectivity index (χ0) is 15.6. The van der Waals surface area contributed by atoms with Crippen molar-refractivity contribution in [1.29, 1.82) is 0 Å². The van der Waals surface area contributed by atoms with Crippen molar-refractivity contribution in [3.8, 4) is 0 Å². The maximum absolute atomic E-state index is 11.9. The zero-order valence-corrected chi connectivity index (χ0v) is 12.4. The molecule has 2 aromatic heterocycles. The van der Waals surface area contributed by atoms with Crippen molar-refractivity contribution < 1.29 is 13.7 Å². The van der Waals surface area contributed by atoms with E-state index in [1.54, 1.807) is 6.07 Å². The van der Waals surface area contributed by atoms with Crippen molar-refractivity contribution >= 4 is 23.0 Å². The van der Waals surface area contributed by atoms with Crippen LogP contribution in [0.2, 0.25) is 0 Å². The average Bonchev–Trinajstić information content (AvgIpc) is 3.31. The van der Waals surface area contributed by atoms with Crippen molar-refractivity contribution in [1.82, 2.24) is 15.5 Å². The van der Waals surface area contributed by atoms with E-state index in [0.717, 1.165) is 30.5 Å². The second kappa shape index (κ2) is 5.75. The highest BCUT2D eigenvalue weighted by Crippen LogP contribution is 2.27. The summed E-state index contributed by atoms with van der Waals surface area (Å²) >= 11 is 0. The number of benzene rings is 1. The van der Waals surface area contributed by atoms with Crippen LogP contribution in [-0.4, -0.2) is 35.2 Å². The number of anilines is 1. The van der Waals surface area contributed by atoms with E-state index in [4.69, 9.17) is 8.94 Å². The summed E-state index contributed by atoms with van der Waals surface area (Å²) in [6, 6.07) is 10.0. The minimum Gasteiger partial charge on any atom is -0.423 e. The Morgan fingerprint density at radius 3 is 3.09 bits per heavy atom. The Morgan fingerprint density at radius 2 is 2.26 bits per heavy atom. The Labute approximate surface area is 132 Å². The van der Waals surface area contributed by atoms with Gasteiger partial charge in [-0.25, -0.2) is 0 Å². The fourth-order valence-electron chi connectivity index (χ4n) is 2.91. The number of oxazole rings is 1. The molecule has 0 saturated carbocycles. The molecule has 3 aromatic rings. The van der Waals surface area contributed by atoms with Crippen LogP contribution in [0.1, 0.15) is 23.4 Å². The van der Waals surface area contributed by atoms with Crippen LogP contribution in [0.3, 0.4) is 0 Å². The number of carbonyl (C=O) groups excluding carboxylic acids is 1. The van der Waals surface area contributed by atoms with Crippen LogP contribution in [0, 0.1) is 0 Å². The lowest BCUT2D eigenvalue weighted by Crippen LogP contribution is -2.40. The number of nitrogens with zero attached hydrogens (tertiary/aromatic N) is 3. The molecule has 1 unspecified atom stereocenters. The minimum absolute atomic E-state index is 0.162. The van der Waals surface area contributed by atoms with Gasteiger partial charge in [-0.05, 0) is 25.0 Å². The summed E-state index contributed by atoms with van der Waals surface area (Å²) in [6.07, 6.45) is 3.48. The molecule has 3 heterocycles. The first-order valence-electron chi connectivity index (χ1n) is 7.62. The standard InChI is InChI=1S/C16H16N4O3/c21-15(14-7-8-18-23-14)17-10-11-4-3-9-20(11)16-19-12-5-1-2-6-13(12)22-16/h1-2,5-8,11H,3-4,9-10H2,(H,17,21). The SMILES string of the molecule is O=C(NCC1CCCN1c1nc2ccccc2o1)c1ccno1. The van der Waals surface area contributed by atoms with Crippen molar-refractivity contribution in [2.24, 2.45) is 0 Å². The fraction of sp³-hybridized carbons (Fsp3) is 0.312. The molecular formula is C16H16N4O3. The molecule has 1 aliphatic heterocycles. The highest BCUT2D eigenvalue weighted by atomic mass is 16.5. The molecule has 4 rings (SSSR count). The third-order valence-electron chi connectivity index (χ3n) is 4.07.